The van der Waals surface area contributed by atoms with Crippen molar-refractivity contribution in [2.45, 2.75) is 24.8 Å². The molecule has 3 rings (SSSR count). The van der Waals surface area contributed by atoms with Crippen LogP contribution in [0.15, 0.2) is 64.5 Å². The first kappa shape index (κ1) is 21.2. The topological polar surface area (TPSA) is 97.2 Å². The van der Waals surface area contributed by atoms with Crippen LogP contribution in [0, 0.1) is 0 Å². The van der Waals surface area contributed by atoms with Crippen molar-refractivity contribution in [1.29, 1.82) is 0 Å². The molecule has 1 heterocycles. The van der Waals surface area contributed by atoms with E-state index in [0.717, 1.165) is 4.47 Å². The second kappa shape index (κ2) is 8.44. The minimum absolute atomic E-state index is 0.0621. The van der Waals surface area contributed by atoms with Crippen LogP contribution in [0.25, 0.3) is 5.69 Å². The highest BCUT2D eigenvalue weighted by Crippen LogP contribution is 2.25. The summed E-state index contributed by atoms with van der Waals surface area (Å²) in [6.07, 6.45) is 2.92. The molecule has 0 atom stereocenters. The normalized spacial score (nSPS) is 11.8. The molecule has 0 radical (unpaired) electrons. The van der Waals surface area contributed by atoms with Gasteiger partial charge in [0, 0.05) is 23.1 Å². The molecule has 0 bridgehead atoms. The summed E-state index contributed by atoms with van der Waals surface area (Å²) in [5, 5.41) is 6.91. The quantitative estimate of drug-likeness (QED) is 0.587. The number of nitrogens with one attached hydrogen (secondary N) is 1. The molecule has 0 aliphatic rings. The first-order valence-electron chi connectivity index (χ1n) is 8.74. The highest BCUT2D eigenvalue weighted by atomic mass is 79.9. The highest BCUT2D eigenvalue weighted by Gasteiger charge is 2.24. The lowest BCUT2D eigenvalue weighted by Crippen LogP contribution is -2.33. The Hall–Kier alpha value is -2.56. The average Bonchev–Trinajstić information content (AvgIpc) is 3.22. The molecule has 1 amide bonds. The van der Waals surface area contributed by atoms with Gasteiger partial charge in [0.1, 0.15) is 12.7 Å². The average molecular weight is 478 g/mol. The Morgan fingerprint density at radius 1 is 1.21 bits per heavy atom. The van der Waals surface area contributed by atoms with E-state index in [-0.39, 0.29) is 16.5 Å². The zero-order chi connectivity index (χ0) is 21.2. The zero-order valence-corrected chi connectivity index (χ0v) is 18.5. The largest absolute Gasteiger partial charge is 0.320 e. The monoisotopic (exact) mass is 477 g/mol. The fraction of sp³-hybridized carbons (Fsp3) is 0.211. The highest BCUT2D eigenvalue weighted by molar-refractivity contribution is 9.10. The molecule has 0 aliphatic carbocycles. The molecule has 3 aromatic rings. The Morgan fingerprint density at radius 3 is 2.62 bits per heavy atom. The lowest BCUT2D eigenvalue weighted by atomic mass is 10.2. The number of carbonyl (C=O) groups is 1. The Kier molecular flexibility index (Phi) is 6.15. The summed E-state index contributed by atoms with van der Waals surface area (Å²) in [5.41, 5.74) is 1.36. The number of hydrogen-bond donors (Lipinski definition) is 1. The predicted octanol–water partition coefficient (Wildman–Crippen LogP) is 3.31. The third-order valence-electron chi connectivity index (χ3n) is 4.37. The Labute approximate surface area is 177 Å². The Morgan fingerprint density at radius 2 is 1.97 bits per heavy atom. The summed E-state index contributed by atoms with van der Waals surface area (Å²) in [4.78, 5) is 16.8. The van der Waals surface area contributed by atoms with Gasteiger partial charge < -0.3 is 5.32 Å². The van der Waals surface area contributed by atoms with Gasteiger partial charge in [0.05, 0.1) is 16.3 Å². The molecule has 8 nitrogen and oxygen atoms in total. The van der Waals surface area contributed by atoms with Crippen LogP contribution in [0.3, 0.4) is 0 Å². The van der Waals surface area contributed by atoms with Crippen LogP contribution >= 0.6 is 15.9 Å². The SMILES string of the molecule is CC(C)N(C)S(=O)(=O)c1cccc(C(=O)Nc2cc(Br)ccc2-n2cncn2)c1. The molecule has 0 unspecified atom stereocenters. The smallest absolute Gasteiger partial charge is 0.255 e. The van der Waals surface area contributed by atoms with Crippen molar-refractivity contribution < 1.29 is 13.2 Å². The van der Waals surface area contributed by atoms with E-state index < -0.39 is 15.9 Å². The van der Waals surface area contributed by atoms with Crippen LogP contribution in [0.2, 0.25) is 0 Å². The van der Waals surface area contributed by atoms with Gasteiger partial charge in [-0.25, -0.2) is 18.1 Å². The van der Waals surface area contributed by atoms with E-state index >= 15 is 0 Å². The second-order valence-corrected chi connectivity index (χ2v) is 9.51. The maximum absolute atomic E-state index is 12.8. The number of sulfonamides is 1. The number of anilines is 1. The maximum atomic E-state index is 12.8. The van der Waals surface area contributed by atoms with Crippen LogP contribution in [0.5, 0.6) is 0 Å². The van der Waals surface area contributed by atoms with Gasteiger partial charge in [-0.1, -0.05) is 22.0 Å². The van der Waals surface area contributed by atoms with Gasteiger partial charge in [0.15, 0.2) is 0 Å². The number of aromatic nitrogens is 3. The molecule has 152 valence electrons. The van der Waals surface area contributed by atoms with Gasteiger partial charge >= 0.3 is 0 Å². The minimum atomic E-state index is -3.69. The first-order chi connectivity index (χ1) is 13.7. The minimum Gasteiger partial charge on any atom is -0.320 e. The molecule has 1 aromatic heterocycles. The van der Waals surface area contributed by atoms with Crippen molar-refractivity contribution >= 4 is 37.5 Å². The molecule has 0 saturated heterocycles. The maximum Gasteiger partial charge on any atom is 0.255 e. The summed E-state index contributed by atoms with van der Waals surface area (Å²) >= 11 is 3.39. The fourth-order valence-electron chi connectivity index (χ4n) is 2.58. The van der Waals surface area contributed by atoms with Crippen molar-refractivity contribution in [3.8, 4) is 5.69 Å². The van der Waals surface area contributed by atoms with E-state index in [9.17, 15) is 13.2 Å². The summed E-state index contributed by atoms with van der Waals surface area (Å²) in [7, 11) is -2.18. The van der Waals surface area contributed by atoms with Crippen LogP contribution in [0.1, 0.15) is 24.2 Å². The Balaban J connectivity index is 1.93. The number of benzene rings is 2. The molecular weight excluding hydrogens is 458 g/mol. The van der Waals surface area contributed by atoms with E-state index in [4.69, 9.17) is 0 Å². The van der Waals surface area contributed by atoms with Gasteiger partial charge in [-0.05, 0) is 50.2 Å². The Bertz CT molecular complexity index is 1130. The molecule has 0 aliphatic heterocycles. The van der Waals surface area contributed by atoms with Crippen LogP contribution in [-0.4, -0.2) is 46.5 Å². The van der Waals surface area contributed by atoms with Gasteiger partial charge in [0.2, 0.25) is 10.0 Å². The third-order valence-corrected chi connectivity index (χ3v) is 6.90. The van der Waals surface area contributed by atoms with Gasteiger partial charge in [-0.3, -0.25) is 4.79 Å². The van der Waals surface area contributed by atoms with Crippen LogP contribution in [-0.2, 0) is 10.0 Å². The van der Waals surface area contributed by atoms with E-state index in [2.05, 4.69) is 31.3 Å². The predicted molar refractivity (Wildman–Crippen MR) is 114 cm³/mol. The standard InChI is InChI=1S/C19H20BrN5O3S/c1-13(2)24(3)29(27,28)16-6-4-5-14(9-16)19(26)23-17-10-15(20)7-8-18(17)25-12-21-11-22-25/h4-13H,1-3H3,(H,23,26). The van der Waals surface area contributed by atoms with E-state index in [1.165, 1.54) is 40.8 Å². The van der Waals surface area contributed by atoms with Crippen molar-refractivity contribution in [3.63, 3.8) is 0 Å². The molecular formula is C19H20BrN5O3S. The molecule has 0 spiro atoms. The second-order valence-electron chi connectivity index (χ2n) is 6.60. The summed E-state index contributed by atoms with van der Waals surface area (Å²) in [5.74, 6) is -0.436. The van der Waals surface area contributed by atoms with Crippen molar-refractivity contribution in [3.05, 3.63) is 65.2 Å². The van der Waals surface area contributed by atoms with Crippen LogP contribution in [0.4, 0.5) is 5.69 Å². The number of nitrogens with zero attached hydrogens (tertiary/aromatic N) is 4. The number of hydrogen-bond acceptors (Lipinski definition) is 5. The van der Waals surface area contributed by atoms with Crippen LogP contribution < -0.4 is 5.32 Å². The van der Waals surface area contributed by atoms with Crippen molar-refractivity contribution in [2.75, 3.05) is 12.4 Å². The number of carbonyl (C=O) groups excluding carboxylic acids is 1. The summed E-state index contributed by atoms with van der Waals surface area (Å²) in [6.45, 7) is 3.57. The summed E-state index contributed by atoms with van der Waals surface area (Å²) in [6, 6.07) is 11.1. The fourth-order valence-corrected chi connectivity index (χ4v) is 4.35. The number of rotatable bonds is 6. The molecule has 0 saturated carbocycles. The van der Waals surface area contributed by atoms with Gasteiger partial charge in [-0.2, -0.15) is 9.40 Å². The van der Waals surface area contributed by atoms with Gasteiger partial charge in [-0.15, -0.1) is 0 Å². The lowest BCUT2D eigenvalue weighted by Gasteiger charge is -2.21. The van der Waals surface area contributed by atoms with E-state index in [1.807, 2.05) is 6.07 Å². The van der Waals surface area contributed by atoms with Crippen molar-refractivity contribution in [1.82, 2.24) is 19.1 Å². The first-order valence-corrected chi connectivity index (χ1v) is 11.0. The molecule has 0 fully saturated rings. The van der Waals surface area contributed by atoms with E-state index in [1.54, 1.807) is 38.1 Å². The molecule has 10 heteroatoms. The number of amides is 1. The third kappa shape index (κ3) is 4.55. The zero-order valence-electron chi connectivity index (χ0n) is 16.1. The molecule has 1 N–H and O–H groups in total. The lowest BCUT2D eigenvalue weighted by molar-refractivity contribution is 0.102. The number of halogens is 1. The van der Waals surface area contributed by atoms with Gasteiger partial charge in [0.25, 0.3) is 5.91 Å². The van der Waals surface area contributed by atoms with Crippen molar-refractivity contribution in [2.24, 2.45) is 0 Å². The summed E-state index contributed by atoms with van der Waals surface area (Å²) < 4.78 is 29.0. The molecule has 29 heavy (non-hydrogen) atoms. The van der Waals surface area contributed by atoms with E-state index in [0.29, 0.717) is 11.4 Å². The molecule has 2 aromatic carbocycles.